The number of carbonyl (C=O) groups excluding carboxylic acids is 1. The van der Waals surface area contributed by atoms with Crippen LogP contribution in [-0.4, -0.2) is 60.1 Å². The fourth-order valence-corrected chi connectivity index (χ4v) is 5.66. The van der Waals surface area contributed by atoms with Crippen LogP contribution in [0.3, 0.4) is 0 Å². The predicted octanol–water partition coefficient (Wildman–Crippen LogP) is 4.65. The van der Waals surface area contributed by atoms with E-state index >= 15 is 0 Å². The monoisotopic (exact) mass is 478 g/mol. The number of likely N-dealkylation sites (tertiary alicyclic amines) is 1. The number of hydrogen-bond acceptors (Lipinski definition) is 5. The molecular weight excluding hydrogens is 448 g/mol. The lowest BCUT2D eigenvalue weighted by Gasteiger charge is -2.59. The van der Waals surface area contributed by atoms with E-state index in [1.807, 2.05) is 48.5 Å². The van der Waals surface area contributed by atoms with E-state index in [-0.39, 0.29) is 5.91 Å². The predicted molar refractivity (Wildman–Crippen MR) is 141 cm³/mol. The third-order valence-electron chi connectivity index (χ3n) is 7.49. The number of piperazine rings is 1. The van der Waals surface area contributed by atoms with Crippen molar-refractivity contribution < 1.29 is 9.32 Å². The molecule has 6 heteroatoms. The van der Waals surface area contributed by atoms with E-state index in [4.69, 9.17) is 4.52 Å². The first-order valence-corrected chi connectivity index (χ1v) is 12.5. The standard InChI is InChI=1S/C30H30N4O2/c1-33(2)30(35)24-10-6-9-23(15-24)20-11-13-22(14-12-20)29-26-17-31-18-27(29)34(26)19-25-16-28(36-32-25)21-7-4-3-5-8-21/h3-16,26-27,29,31H,17-19H2,1-2H3/t26-,27+,29?. The largest absolute Gasteiger partial charge is 0.356 e. The molecule has 0 spiro atoms. The van der Waals surface area contributed by atoms with Crippen LogP contribution < -0.4 is 5.32 Å². The molecule has 2 fully saturated rings. The molecule has 0 radical (unpaired) electrons. The normalized spacial score (nSPS) is 21.1. The summed E-state index contributed by atoms with van der Waals surface area (Å²) in [5.41, 5.74) is 6.30. The summed E-state index contributed by atoms with van der Waals surface area (Å²) < 4.78 is 5.63. The number of nitrogens with one attached hydrogen (secondary N) is 1. The molecule has 6 rings (SSSR count). The molecule has 182 valence electrons. The maximum atomic E-state index is 12.4. The van der Waals surface area contributed by atoms with Gasteiger partial charge in [-0.2, -0.15) is 0 Å². The third kappa shape index (κ3) is 4.12. The maximum Gasteiger partial charge on any atom is 0.253 e. The van der Waals surface area contributed by atoms with E-state index in [0.717, 1.165) is 47.8 Å². The van der Waals surface area contributed by atoms with E-state index in [2.05, 4.69) is 51.8 Å². The van der Waals surface area contributed by atoms with Crippen LogP contribution >= 0.6 is 0 Å². The van der Waals surface area contributed by atoms with Gasteiger partial charge in [-0.15, -0.1) is 0 Å². The molecule has 1 amide bonds. The minimum atomic E-state index is 0.0198. The van der Waals surface area contributed by atoms with Gasteiger partial charge in [-0.25, -0.2) is 0 Å². The highest BCUT2D eigenvalue weighted by atomic mass is 16.5. The summed E-state index contributed by atoms with van der Waals surface area (Å²) in [7, 11) is 3.56. The first kappa shape index (κ1) is 22.7. The van der Waals surface area contributed by atoms with Gasteiger partial charge in [-0.05, 0) is 28.8 Å². The Hall–Kier alpha value is -3.74. The van der Waals surface area contributed by atoms with Crippen LogP contribution in [0.5, 0.6) is 0 Å². The van der Waals surface area contributed by atoms with Gasteiger partial charge in [0.25, 0.3) is 5.91 Å². The number of hydrogen-bond donors (Lipinski definition) is 1. The minimum Gasteiger partial charge on any atom is -0.356 e. The average Bonchev–Trinajstić information content (AvgIpc) is 3.41. The molecule has 0 saturated carbocycles. The second-order valence-corrected chi connectivity index (χ2v) is 9.94. The lowest BCUT2D eigenvalue weighted by atomic mass is 9.72. The molecule has 2 aliphatic heterocycles. The fraction of sp³-hybridized carbons (Fsp3) is 0.267. The number of benzene rings is 3. The van der Waals surface area contributed by atoms with Gasteiger partial charge in [-0.3, -0.25) is 9.69 Å². The van der Waals surface area contributed by atoms with Crippen molar-refractivity contribution in [3.8, 4) is 22.5 Å². The highest BCUT2D eigenvalue weighted by Crippen LogP contribution is 2.43. The zero-order valence-corrected chi connectivity index (χ0v) is 20.6. The Kier molecular flexibility index (Phi) is 5.91. The third-order valence-corrected chi connectivity index (χ3v) is 7.49. The number of fused-ring (bicyclic) bond motifs is 2. The number of amides is 1. The number of nitrogens with zero attached hydrogens (tertiary/aromatic N) is 3. The van der Waals surface area contributed by atoms with Gasteiger partial charge in [0.05, 0.1) is 5.69 Å². The lowest BCUT2D eigenvalue weighted by molar-refractivity contribution is -0.0496. The van der Waals surface area contributed by atoms with E-state index in [1.165, 1.54) is 5.56 Å². The van der Waals surface area contributed by atoms with Crippen LogP contribution in [0.2, 0.25) is 0 Å². The molecule has 3 aromatic carbocycles. The van der Waals surface area contributed by atoms with Crippen LogP contribution in [0.4, 0.5) is 0 Å². The highest BCUT2D eigenvalue weighted by molar-refractivity contribution is 5.95. The summed E-state index contributed by atoms with van der Waals surface area (Å²) in [6.45, 7) is 2.75. The van der Waals surface area contributed by atoms with Gasteiger partial charge in [0.15, 0.2) is 5.76 Å². The average molecular weight is 479 g/mol. The Morgan fingerprint density at radius 2 is 1.64 bits per heavy atom. The summed E-state index contributed by atoms with van der Waals surface area (Å²) in [5, 5.41) is 7.92. The van der Waals surface area contributed by atoms with Crippen molar-refractivity contribution in [2.24, 2.45) is 0 Å². The molecule has 3 atom stereocenters. The van der Waals surface area contributed by atoms with E-state index in [0.29, 0.717) is 23.6 Å². The molecule has 6 nitrogen and oxygen atoms in total. The minimum absolute atomic E-state index is 0.0198. The van der Waals surface area contributed by atoms with Gasteiger partial charge < -0.3 is 14.7 Å². The van der Waals surface area contributed by atoms with Crippen molar-refractivity contribution >= 4 is 5.91 Å². The molecule has 4 aromatic rings. The number of rotatable bonds is 6. The van der Waals surface area contributed by atoms with Gasteiger partial charge in [-0.1, -0.05) is 71.9 Å². The fourth-order valence-electron chi connectivity index (χ4n) is 5.66. The van der Waals surface area contributed by atoms with Crippen molar-refractivity contribution in [3.63, 3.8) is 0 Å². The van der Waals surface area contributed by atoms with E-state index in [1.54, 1.807) is 19.0 Å². The van der Waals surface area contributed by atoms with E-state index in [9.17, 15) is 4.79 Å². The van der Waals surface area contributed by atoms with Crippen LogP contribution in [0, 0.1) is 0 Å². The SMILES string of the molecule is CN(C)C(=O)c1cccc(-c2ccc(C3[C@H]4CNC[C@@H]3N4Cc3cc(-c4ccccc4)on3)cc2)c1. The summed E-state index contributed by atoms with van der Waals surface area (Å²) in [5.74, 6) is 1.34. The van der Waals surface area contributed by atoms with Crippen molar-refractivity contribution in [2.75, 3.05) is 27.2 Å². The highest BCUT2D eigenvalue weighted by Gasteiger charge is 2.51. The molecule has 2 aliphatic rings. The summed E-state index contributed by atoms with van der Waals surface area (Å²) >= 11 is 0. The van der Waals surface area contributed by atoms with Crippen molar-refractivity contribution in [1.82, 2.24) is 20.3 Å². The first-order chi connectivity index (χ1) is 17.6. The number of aromatic nitrogens is 1. The van der Waals surface area contributed by atoms with Gasteiger partial charge in [0.1, 0.15) is 0 Å². The topological polar surface area (TPSA) is 61.6 Å². The Morgan fingerprint density at radius 3 is 2.36 bits per heavy atom. The molecule has 1 N–H and O–H groups in total. The van der Waals surface area contributed by atoms with Crippen LogP contribution in [0.1, 0.15) is 27.5 Å². The number of piperidine rings is 1. The van der Waals surface area contributed by atoms with Crippen LogP contribution in [-0.2, 0) is 6.54 Å². The molecule has 36 heavy (non-hydrogen) atoms. The van der Waals surface area contributed by atoms with Crippen LogP contribution in [0.25, 0.3) is 22.5 Å². The summed E-state index contributed by atoms with van der Waals surface area (Å²) in [4.78, 5) is 16.5. The van der Waals surface area contributed by atoms with E-state index < -0.39 is 0 Å². The Bertz CT molecular complexity index is 1350. The van der Waals surface area contributed by atoms with Gasteiger partial charge in [0, 0.05) is 68.9 Å². The van der Waals surface area contributed by atoms with Gasteiger partial charge >= 0.3 is 0 Å². The summed E-state index contributed by atoms with van der Waals surface area (Å²) in [6.07, 6.45) is 0. The zero-order valence-electron chi connectivity index (χ0n) is 20.6. The second kappa shape index (κ2) is 9.37. The van der Waals surface area contributed by atoms with Crippen molar-refractivity contribution in [1.29, 1.82) is 0 Å². The van der Waals surface area contributed by atoms with Crippen molar-refractivity contribution in [3.05, 3.63) is 102 Å². The molecule has 1 unspecified atom stereocenters. The lowest BCUT2D eigenvalue weighted by Crippen LogP contribution is -2.72. The summed E-state index contributed by atoms with van der Waals surface area (Å²) in [6, 6.07) is 29.8. The molecule has 2 bridgehead atoms. The Labute approximate surface area is 211 Å². The van der Waals surface area contributed by atoms with Crippen molar-refractivity contribution in [2.45, 2.75) is 24.5 Å². The quantitative estimate of drug-likeness (QED) is 0.437. The Morgan fingerprint density at radius 1 is 0.917 bits per heavy atom. The maximum absolute atomic E-state index is 12.4. The molecule has 3 heterocycles. The second-order valence-electron chi connectivity index (χ2n) is 9.94. The molecule has 1 aromatic heterocycles. The smallest absolute Gasteiger partial charge is 0.253 e. The van der Waals surface area contributed by atoms with Gasteiger partial charge in [0.2, 0.25) is 0 Å². The zero-order chi connectivity index (χ0) is 24.6. The molecule has 2 saturated heterocycles. The molecule has 0 aliphatic carbocycles. The first-order valence-electron chi connectivity index (χ1n) is 12.5. The number of carbonyl (C=O) groups is 1. The Balaban J connectivity index is 1.16. The molecular formula is C30H30N4O2. The van der Waals surface area contributed by atoms with Crippen LogP contribution in [0.15, 0.2) is 89.5 Å².